The van der Waals surface area contributed by atoms with Gasteiger partial charge in [-0.1, -0.05) is 42.5 Å². The van der Waals surface area contributed by atoms with Crippen LogP contribution in [0.1, 0.15) is 60.0 Å². The van der Waals surface area contributed by atoms with Crippen molar-refractivity contribution < 1.29 is 63.2 Å². The Morgan fingerprint density at radius 1 is 0.698 bits per heavy atom. The number of para-hydroxylation sites is 1. The van der Waals surface area contributed by atoms with Gasteiger partial charge in [-0.15, -0.1) is 0 Å². The molecule has 7 rings (SSSR count). The summed E-state index contributed by atoms with van der Waals surface area (Å²) < 4.78 is 35.2. The minimum absolute atomic E-state index is 0.00264. The lowest BCUT2D eigenvalue weighted by molar-refractivity contribution is -0.0260. The van der Waals surface area contributed by atoms with E-state index in [0.29, 0.717) is 22.3 Å². The molecule has 2 heterocycles. The van der Waals surface area contributed by atoms with E-state index in [1.807, 2.05) is 0 Å². The van der Waals surface area contributed by atoms with Crippen molar-refractivity contribution in [2.45, 2.75) is 31.3 Å². The van der Waals surface area contributed by atoms with E-state index in [1.165, 1.54) is 43.5 Å². The number of methoxy groups -OCH3 is 1. The third-order valence-corrected chi connectivity index (χ3v) is 8.87. The molecule has 13 heteroatoms. The van der Waals surface area contributed by atoms with E-state index >= 15 is 0 Å². The SMILES string of the molecule is COc1cc(C2Oc3cc([C@@H]4Oc5cc(O)cc(O)c5C(=O)C4O)ccc3O[C@H]2COC(=O)c2ccccc2OC(=O)c2ccccc2C)ccc1O. The van der Waals surface area contributed by atoms with Crippen molar-refractivity contribution in [2.24, 2.45) is 0 Å². The molecule has 5 aromatic rings. The fourth-order valence-corrected chi connectivity index (χ4v) is 6.18. The number of aliphatic hydroxyl groups excluding tert-OH is 1. The molecule has 13 nitrogen and oxygen atoms in total. The smallest absolute Gasteiger partial charge is 0.343 e. The first-order valence-corrected chi connectivity index (χ1v) is 16.4. The van der Waals surface area contributed by atoms with Crippen LogP contribution >= 0.6 is 0 Å². The number of rotatable bonds is 8. The molecule has 4 atom stereocenters. The number of esters is 2. The van der Waals surface area contributed by atoms with Gasteiger partial charge in [-0.05, 0) is 60.5 Å². The van der Waals surface area contributed by atoms with E-state index in [9.17, 15) is 34.8 Å². The van der Waals surface area contributed by atoms with Crippen LogP contribution in [0.15, 0.2) is 97.1 Å². The summed E-state index contributed by atoms with van der Waals surface area (Å²) in [7, 11) is 1.38. The molecule has 0 bridgehead atoms. The number of carbonyl (C=O) groups excluding carboxylic acids is 3. The number of Topliss-reactive ketones (excluding diaryl/α,β-unsaturated/α-hetero) is 1. The van der Waals surface area contributed by atoms with Gasteiger partial charge in [0.05, 0.1) is 12.7 Å². The van der Waals surface area contributed by atoms with E-state index in [0.717, 1.165) is 12.1 Å². The van der Waals surface area contributed by atoms with Crippen LogP contribution in [0.5, 0.6) is 46.0 Å². The first-order chi connectivity index (χ1) is 25.5. The molecular formula is C40H32O13. The van der Waals surface area contributed by atoms with E-state index in [-0.39, 0.29) is 58.0 Å². The number of phenols is 3. The second-order valence-corrected chi connectivity index (χ2v) is 12.3. The largest absolute Gasteiger partial charge is 0.508 e. The quantitative estimate of drug-likeness (QED) is 0.112. The molecule has 53 heavy (non-hydrogen) atoms. The lowest BCUT2D eigenvalue weighted by atomic mass is 9.92. The number of carbonyl (C=O) groups is 3. The zero-order valence-corrected chi connectivity index (χ0v) is 28.2. The van der Waals surface area contributed by atoms with Crippen LogP contribution in [0.25, 0.3) is 0 Å². The Kier molecular flexibility index (Phi) is 9.25. The van der Waals surface area contributed by atoms with Gasteiger partial charge in [0.25, 0.3) is 0 Å². The lowest BCUT2D eigenvalue weighted by Crippen LogP contribution is -2.38. The Bertz CT molecular complexity index is 2250. The summed E-state index contributed by atoms with van der Waals surface area (Å²) >= 11 is 0. The highest BCUT2D eigenvalue weighted by Crippen LogP contribution is 2.46. The van der Waals surface area contributed by atoms with E-state index in [4.69, 9.17) is 28.4 Å². The third-order valence-electron chi connectivity index (χ3n) is 8.87. The average Bonchev–Trinajstić information content (AvgIpc) is 3.15. The minimum atomic E-state index is -1.70. The van der Waals surface area contributed by atoms with Crippen molar-refractivity contribution >= 4 is 17.7 Å². The van der Waals surface area contributed by atoms with Crippen LogP contribution in [0.2, 0.25) is 0 Å². The summed E-state index contributed by atoms with van der Waals surface area (Å²) in [6.07, 6.45) is -4.86. The van der Waals surface area contributed by atoms with Crippen molar-refractivity contribution in [1.29, 1.82) is 0 Å². The van der Waals surface area contributed by atoms with E-state index < -0.39 is 47.9 Å². The second kappa shape index (κ2) is 14.1. The summed E-state index contributed by atoms with van der Waals surface area (Å²) in [6.45, 7) is 1.44. The summed E-state index contributed by atoms with van der Waals surface area (Å²) in [5.41, 5.74) is 1.59. The molecule has 0 radical (unpaired) electrons. The molecule has 0 saturated heterocycles. The van der Waals surface area contributed by atoms with Crippen LogP contribution in [0.4, 0.5) is 0 Å². The molecule has 0 aliphatic carbocycles. The van der Waals surface area contributed by atoms with Gasteiger partial charge in [0, 0.05) is 17.7 Å². The zero-order chi connectivity index (χ0) is 37.4. The van der Waals surface area contributed by atoms with Crippen molar-refractivity contribution in [3.05, 3.63) is 130 Å². The predicted octanol–water partition coefficient (Wildman–Crippen LogP) is 5.76. The number of ether oxygens (including phenoxy) is 6. The van der Waals surface area contributed by atoms with Gasteiger partial charge < -0.3 is 48.8 Å². The van der Waals surface area contributed by atoms with Crippen LogP contribution in [-0.4, -0.2) is 64.1 Å². The number of fused-ring (bicyclic) bond motifs is 2. The molecule has 270 valence electrons. The normalized spacial score (nSPS) is 18.7. The van der Waals surface area contributed by atoms with Gasteiger partial charge in [0.2, 0.25) is 5.78 Å². The van der Waals surface area contributed by atoms with Gasteiger partial charge in [-0.25, -0.2) is 9.59 Å². The molecule has 2 unspecified atom stereocenters. The molecule has 0 aromatic heterocycles. The second-order valence-electron chi connectivity index (χ2n) is 12.3. The number of phenolic OH excluding ortho intramolecular Hbond substituents is 3. The Labute approximate surface area is 302 Å². The summed E-state index contributed by atoms with van der Waals surface area (Å²) in [6, 6.07) is 24.3. The molecule has 2 aliphatic rings. The Hall–Kier alpha value is -6.73. The van der Waals surface area contributed by atoms with Gasteiger partial charge in [-0.2, -0.15) is 0 Å². The van der Waals surface area contributed by atoms with Crippen LogP contribution in [0, 0.1) is 6.92 Å². The fraction of sp³-hybridized carbons (Fsp3) is 0.175. The highest BCUT2D eigenvalue weighted by atomic mass is 16.6. The maximum absolute atomic E-state index is 13.5. The lowest BCUT2D eigenvalue weighted by Gasteiger charge is -2.35. The zero-order valence-electron chi connectivity index (χ0n) is 28.2. The first-order valence-electron chi connectivity index (χ1n) is 16.4. The number of aliphatic hydroxyl groups is 1. The standard InChI is InChI=1S/C40H32O13/c1-20-7-3-4-8-24(20)40(47)53-28-10-6-5-9-25(28)39(46)49-19-33-37(21-11-13-26(42)30(15-21)48-2)51-31-16-22(12-14-29(31)50-33)38-36(45)35(44)34-27(43)17-23(41)18-32(34)52-38/h3-18,33,36-38,41-43,45H,19H2,1-2H3/t33-,36?,37?,38-/m0/s1. The molecule has 4 N–H and O–H groups in total. The van der Waals surface area contributed by atoms with Gasteiger partial charge >= 0.3 is 11.9 Å². The molecule has 0 fully saturated rings. The monoisotopic (exact) mass is 720 g/mol. The summed E-state index contributed by atoms with van der Waals surface area (Å²) in [4.78, 5) is 39.5. The highest BCUT2D eigenvalue weighted by molar-refractivity contribution is 6.05. The van der Waals surface area contributed by atoms with Crippen molar-refractivity contribution in [2.75, 3.05) is 13.7 Å². The highest BCUT2D eigenvalue weighted by Gasteiger charge is 2.41. The maximum Gasteiger partial charge on any atom is 0.343 e. The molecule has 5 aromatic carbocycles. The molecule has 0 amide bonds. The van der Waals surface area contributed by atoms with Crippen LogP contribution in [0.3, 0.4) is 0 Å². The molecular weight excluding hydrogens is 688 g/mol. The Balaban J connectivity index is 1.15. The number of benzene rings is 5. The first kappa shape index (κ1) is 34.7. The number of aryl methyl sites for hydroxylation is 1. The summed E-state index contributed by atoms with van der Waals surface area (Å²) in [5.74, 6) is -2.77. The van der Waals surface area contributed by atoms with Crippen molar-refractivity contribution in [3.63, 3.8) is 0 Å². The third kappa shape index (κ3) is 6.72. The number of hydrogen-bond donors (Lipinski definition) is 4. The van der Waals surface area contributed by atoms with Crippen LogP contribution < -0.4 is 23.7 Å². The molecule has 0 spiro atoms. The van der Waals surface area contributed by atoms with Crippen LogP contribution in [-0.2, 0) is 4.74 Å². The topological polar surface area (TPSA) is 188 Å². The van der Waals surface area contributed by atoms with Crippen molar-refractivity contribution in [1.82, 2.24) is 0 Å². The number of ketones is 1. The Morgan fingerprint density at radius 2 is 1.40 bits per heavy atom. The van der Waals surface area contributed by atoms with Gasteiger partial charge in [0.1, 0.15) is 40.7 Å². The molecule has 2 aliphatic heterocycles. The molecule has 0 saturated carbocycles. The fourth-order valence-electron chi connectivity index (χ4n) is 6.18. The predicted molar refractivity (Wildman–Crippen MR) is 185 cm³/mol. The minimum Gasteiger partial charge on any atom is -0.508 e. The number of hydrogen-bond acceptors (Lipinski definition) is 13. The van der Waals surface area contributed by atoms with Gasteiger partial charge in [-0.3, -0.25) is 4.79 Å². The maximum atomic E-state index is 13.5. The number of aromatic hydroxyl groups is 3. The van der Waals surface area contributed by atoms with Gasteiger partial charge in [0.15, 0.2) is 47.4 Å². The van der Waals surface area contributed by atoms with Crippen molar-refractivity contribution in [3.8, 4) is 46.0 Å². The summed E-state index contributed by atoms with van der Waals surface area (Å²) in [5, 5.41) is 41.4. The Morgan fingerprint density at radius 3 is 2.17 bits per heavy atom. The average molecular weight is 721 g/mol. The van der Waals surface area contributed by atoms with E-state index in [1.54, 1.807) is 55.5 Å². The van der Waals surface area contributed by atoms with E-state index in [2.05, 4.69) is 0 Å².